The van der Waals surface area contributed by atoms with E-state index in [4.69, 9.17) is 15.0 Å². The van der Waals surface area contributed by atoms with Crippen LogP contribution in [0.5, 0.6) is 5.75 Å². The molecule has 2 aromatic rings. The van der Waals surface area contributed by atoms with Gasteiger partial charge in [-0.05, 0) is 30.7 Å². The SMILES string of the molecule is COc1ccc(-c2noc(CN3CCC(N)C3)n2)cc1. The van der Waals surface area contributed by atoms with Crippen LogP contribution in [0.2, 0.25) is 0 Å². The Labute approximate surface area is 117 Å². The molecule has 2 N–H and O–H groups in total. The highest BCUT2D eigenvalue weighted by atomic mass is 16.5. The maximum Gasteiger partial charge on any atom is 0.241 e. The molecule has 20 heavy (non-hydrogen) atoms. The lowest BCUT2D eigenvalue weighted by Crippen LogP contribution is -2.26. The van der Waals surface area contributed by atoms with E-state index in [1.807, 2.05) is 24.3 Å². The fourth-order valence-electron chi connectivity index (χ4n) is 2.37. The van der Waals surface area contributed by atoms with Gasteiger partial charge >= 0.3 is 0 Å². The van der Waals surface area contributed by atoms with E-state index < -0.39 is 0 Å². The zero-order valence-electron chi connectivity index (χ0n) is 11.5. The molecule has 1 aliphatic rings. The zero-order valence-corrected chi connectivity index (χ0v) is 11.5. The predicted octanol–water partition coefficient (Wildman–Crippen LogP) is 1.28. The Morgan fingerprint density at radius 2 is 2.20 bits per heavy atom. The summed E-state index contributed by atoms with van der Waals surface area (Å²) in [5.74, 6) is 2.04. The van der Waals surface area contributed by atoms with E-state index in [9.17, 15) is 0 Å². The van der Waals surface area contributed by atoms with Crippen LogP contribution in [0.1, 0.15) is 12.3 Å². The van der Waals surface area contributed by atoms with Gasteiger partial charge in [0.15, 0.2) is 0 Å². The first-order chi connectivity index (χ1) is 9.74. The Balaban J connectivity index is 1.69. The van der Waals surface area contributed by atoms with Gasteiger partial charge in [0, 0.05) is 24.7 Å². The average Bonchev–Trinajstić information content (AvgIpc) is 3.09. The zero-order chi connectivity index (χ0) is 13.9. The molecule has 1 unspecified atom stereocenters. The van der Waals surface area contributed by atoms with E-state index >= 15 is 0 Å². The Bertz CT molecular complexity index is 567. The van der Waals surface area contributed by atoms with Gasteiger partial charge in [0.25, 0.3) is 0 Å². The van der Waals surface area contributed by atoms with Crippen LogP contribution in [0.15, 0.2) is 28.8 Å². The largest absolute Gasteiger partial charge is 0.497 e. The van der Waals surface area contributed by atoms with Crippen molar-refractivity contribution in [2.45, 2.75) is 19.0 Å². The third-order valence-electron chi connectivity index (χ3n) is 3.48. The summed E-state index contributed by atoms with van der Waals surface area (Å²) in [7, 11) is 1.64. The normalized spacial score (nSPS) is 19.4. The molecule has 1 atom stereocenters. The summed E-state index contributed by atoms with van der Waals surface area (Å²) in [5.41, 5.74) is 6.80. The smallest absolute Gasteiger partial charge is 0.241 e. The molecule has 0 spiro atoms. The lowest BCUT2D eigenvalue weighted by molar-refractivity contribution is 0.265. The minimum absolute atomic E-state index is 0.263. The quantitative estimate of drug-likeness (QED) is 0.905. The van der Waals surface area contributed by atoms with Crippen molar-refractivity contribution in [1.82, 2.24) is 15.0 Å². The Kier molecular flexibility index (Phi) is 3.66. The van der Waals surface area contributed by atoms with E-state index in [2.05, 4.69) is 15.0 Å². The first-order valence-electron chi connectivity index (χ1n) is 6.69. The van der Waals surface area contributed by atoms with E-state index in [0.717, 1.165) is 30.8 Å². The van der Waals surface area contributed by atoms with Gasteiger partial charge in [-0.2, -0.15) is 4.98 Å². The lowest BCUT2D eigenvalue weighted by Gasteiger charge is -2.10. The van der Waals surface area contributed by atoms with Crippen molar-refractivity contribution in [2.75, 3.05) is 20.2 Å². The topological polar surface area (TPSA) is 77.4 Å². The highest BCUT2D eigenvalue weighted by molar-refractivity contribution is 5.55. The molecule has 0 amide bonds. The molecular formula is C14H18N4O2. The highest BCUT2D eigenvalue weighted by Crippen LogP contribution is 2.20. The second kappa shape index (κ2) is 5.60. The van der Waals surface area contributed by atoms with Crippen molar-refractivity contribution >= 4 is 0 Å². The van der Waals surface area contributed by atoms with Crippen molar-refractivity contribution < 1.29 is 9.26 Å². The Morgan fingerprint density at radius 1 is 1.40 bits per heavy atom. The fourth-order valence-corrected chi connectivity index (χ4v) is 2.37. The molecule has 1 aromatic heterocycles. The molecule has 0 bridgehead atoms. The molecule has 106 valence electrons. The molecule has 0 radical (unpaired) electrons. The van der Waals surface area contributed by atoms with Crippen LogP contribution in [0.4, 0.5) is 0 Å². The molecule has 0 aliphatic carbocycles. The second-order valence-corrected chi connectivity index (χ2v) is 5.02. The number of methoxy groups -OCH3 is 1. The van der Waals surface area contributed by atoms with Crippen LogP contribution in [0.3, 0.4) is 0 Å². The molecule has 1 aromatic carbocycles. The van der Waals surface area contributed by atoms with E-state index in [-0.39, 0.29) is 6.04 Å². The number of nitrogens with zero attached hydrogens (tertiary/aromatic N) is 3. The Morgan fingerprint density at radius 3 is 2.85 bits per heavy atom. The van der Waals surface area contributed by atoms with Gasteiger partial charge in [0.05, 0.1) is 13.7 Å². The van der Waals surface area contributed by atoms with E-state index in [1.54, 1.807) is 7.11 Å². The number of ether oxygens (including phenoxy) is 1. The standard InChI is InChI=1S/C14H18N4O2/c1-19-12-4-2-10(3-5-12)14-16-13(20-17-14)9-18-7-6-11(15)8-18/h2-5,11H,6-9,15H2,1H3. The first kappa shape index (κ1) is 13.1. The fraction of sp³-hybridized carbons (Fsp3) is 0.429. The molecule has 3 rings (SSSR count). The number of benzene rings is 1. The van der Waals surface area contributed by atoms with Crippen LogP contribution in [-0.2, 0) is 6.54 Å². The number of hydrogen-bond acceptors (Lipinski definition) is 6. The summed E-state index contributed by atoms with van der Waals surface area (Å²) in [6, 6.07) is 7.85. The molecule has 1 saturated heterocycles. The molecular weight excluding hydrogens is 256 g/mol. The minimum atomic E-state index is 0.263. The lowest BCUT2D eigenvalue weighted by atomic mass is 10.2. The summed E-state index contributed by atoms with van der Waals surface area (Å²) in [5, 5.41) is 4.02. The number of rotatable bonds is 4. The summed E-state index contributed by atoms with van der Waals surface area (Å²) in [6.07, 6.45) is 1.03. The van der Waals surface area contributed by atoms with E-state index in [0.29, 0.717) is 18.3 Å². The third-order valence-corrected chi connectivity index (χ3v) is 3.48. The van der Waals surface area contributed by atoms with Crippen molar-refractivity contribution in [3.05, 3.63) is 30.2 Å². The van der Waals surface area contributed by atoms with Crippen LogP contribution in [0, 0.1) is 0 Å². The van der Waals surface area contributed by atoms with Crippen molar-refractivity contribution in [1.29, 1.82) is 0 Å². The number of hydrogen-bond donors (Lipinski definition) is 1. The molecule has 1 fully saturated rings. The highest BCUT2D eigenvalue weighted by Gasteiger charge is 2.21. The van der Waals surface area contributed by atoms with Gasteiger partial charge in [-0.15, -0.1) is 0 Å². The maximum atomic E-state index is 5.88. The van der Waals surface area contributed by atoms with Gasteiger partial charge < -0.3 is 15.0 Å². The van der Waals surface area contributed by atoms with Crippen LogP contribution in [0.25, 0.3) is 11.4 Å². The number of aromatic nitrogens is 2. The minimum Gasteiger partial charge on any atom is -0.497 e. The maximum absolute atomic E-state index is 5.88. The van der Waals surface area contributed by atoms with Crippen molar-refractivity contribution in [3.8, 4) is 17.1 Å². The summed E-state index contributed by atoms with van der Waals surface area (Å²) < 4.78 is 10.4. The third kappa shape index (κ3) is 2.81. The first-order valence-corrected chi connectivity index (χ1v) is 6.69. The van der Waals surface area contributed by atoms with Gasteiger partial charge in [-0.25, -0.2) is 0 Å². The second-order valence-electron chi connectivity index (χ2n) is 5.02. The molecule has 1 aliphatic heterocycles. The van der Waals surface area contributed by atoms with Gasteiger partial charge in [0.2, 0.25) is 11.7 Å². The molecule has 0 saturated carbocycles. The van der Waals surface area contributed by atoms with Crippen molar-refractivity contribution in [3.63, 3.8) is 0 Å². The van der Waals surface area contributed by atoms with Crippen LogP contribution < -0.4 is 10.5 Å². The van der Waals surface area contributed by atoms with Crippen LogP contribution >= 0.6 is 0 Å². The molecule has 2 heterocycles. The summed E-state index contributed by atoms with van der Waals surface area (Å²) in [4.78, 5) is 6.66. The van der Waals surface area contributed by atoms with Crippen LogP contribution in [-0.4, -0.2) is 41.3 Å². The number of likely N-dealkylation sites (tertiary alicyclic amines) is 1. The molecule has 6 nitrogen and oxygen atoms in total. The number of nitrogens with two attached hydrogens (primary N) is 1. The summed E-state index contributed by atoms with van der Waals surface area (Å²) >= 11 is 0. The predicted molar refractivity (Wildman–Crippen MR) is 74.2 cm³/mol. The Hall–Kier alpha value is -1.92. The van der Waals surface area contributed by atoms with Gasteiger partial charge in [-0.1, -0.05) is 5.16 Å². The molecule has 6 heteroatoms. The average molecular weight is 274 g/mol. The monoisotopic (exact) mass is 274 g/mol. The van der Waals surface area contributed by atoms with Gasteiger partial charge in [-0.3, -0.25) is 4.90 Å². The van der Waals surface area contributed by atoms with Gasteiger partial charge in [0.1, 0.15) is 5.75 Å². The van der Waals surface area contributed by atoms with E-state index in [1.165, 1.54) is 0 Å². The summed E-state index contributed by atoms with van der Waals surface area (Å²) in [6.45, 7) is 2.54. The van der Waals surface area contributed by atoms with Crippen molar-refractivity contribution in [2.24, 2.45) is 5.73 Å².